The predicted molar refractivity (Wildman–Crippen MR) is 159 cm³/mol. The highest BCUT2D eigenvalue weighted by molar-refractivity contribution is 5.91. The molecule has 1 aliphatic heterocycles. The third-order valence-electron chi connectivity index (χ3n) is 6.90. The first-order valence-corrected chi connectivity index (χ1v) is 14.2. The first kappa shape index (κ1) is 31.1. The van der Waals surface area contributed by atoms with Gasteiger partial charge in [0.2, 0.25) is 0 Å². The van der Waals surface area contributed by atoms with E-state index in [1.165, 1.54) is 0 Å². The van der Waals surface area contributed by atoms with Gasteiger partial charge < -0.3 is 28.4 Å². The van der Waals surface area contributed by atoms with Crippen molar-refractivity contribution < 1.29 is 47.6 Å². The lowest BCUT2D eigenvalue weighted by Gasteiger charge is -2.32. The minimum Gasteiger partial charge on any atom is -0.459 e. The highest BCUT2D eigenvalue weighted by atomic mass is 16.7. The summed E-state index contributed by atoms with van der Waals surface area (Å²) in [6.45, 7) is -1.13. The summed E-state index contributed by atoms with van der Waals surface area (Å²) >= 11 is 0. The van der Waals surface area contributed by atoms with Gasteiger partial charge in [-0.25, -0.2) is 19.2 Å². The second-order valence-electron chi connectivity index (χ2n) is 9.93. The van der Waals surface area contributed by atoms with E-state index in [0.717, 1.165) is 0 Å². The van der Waals surface area contributed by atoms with E-state index in [2.05, 4.69) is 0 Å². The van der Waals surface area contributed by atoms with Crippen molar-refractivity contribution in [3.05, 3.63) is 144 Å². The molecule has 1 heterocycles. The number of carbonyl (C=O) groups excluding carboxylic acids is 4. The van der Waals surface area contributed by atoms with E-state index >= 15 is 0 Å². The molecule has 0 aliphatic carbocycles. The van der Waals surface area contributed by atoms with Crippen LogP contribution >= 0.6 is 0 Å². The van der Waals surface area contributed by atoms with Crippen LogP contribution in [0.3, 0.4) is 0 Å². The molecule has 4 atom stereocenters. The van der Waals surface area contributed by atoms with Crippen LogP contribution in [-0.4, -0.2) is 68.3 Å². The molecule has 0 aromatic heterocycles. The normalized spacial score (nSPS) is 19.4. The zero-order valence-corrected chi connectivity index (χ0v) is 24.1. The first-order chi connectivity index (χ1) is 22.0. The summed E-state index contributed by atoms with van der Waals surface area (Å²) in [5.41, 5.74) is 1.06. The number of rotatable bonds is 10. The maximum absolute atomic E-state index is 13.3. The lowest BCUT2D eigenvalue weighted by atomic mass is 10.0. The second-order valence-corrected chi connectivity index (χ2v) is 9.93. The van der Waals surface area contributed by atoms with Gasteiger partial charge in [-0.2, -0.15) is 0 Å². The maximum atomic E-state index is 13.3. The molecule has 1 saturated heterocycles. The van der Waals surface area contributed by atoms with E-state index in [-0.39, 0.29) is 31.1 Å². The number of esters is 4. The Kier molecular flexibility index (Phi) is 10.7. The van der Waals surface area contributed by atoms with Gasteiger partial charge in [0.15, 0.2) is 12.2 Å². The summed E-state index contributed by atoms with van der Waals surface area (Å²) in [6, 6.07) is 33.1. The molecule has 4 aromatic rings. The topological polar surface area (TPSA) is 124 Å². The van der Waals surface area contributed by atoms with E-state index in [1.54, 1.807) is 121 Å². The Morgan fingerprint density at radius 2 is 0.756 bits per heavy atom. The Bertz CT molecular complexity index is 1440. The molecule has 0 bridgehead atoms. The van der Waals surface area contributed by atoms with Crippen molar-refractivity contribution in [1.29, 1.82) is 0 Å². The van der Waals surface area contributed by atoms with Crippen LogP contribution in [0.5, 0.6) is 0 Å². The largest absolute Gasteiger partial charge is 0.459 e. The predicted octanol–water partition coefficient (Wildman–Crippen LogP) is 4.89. The Morgan fingerprint density at radius 3 is 1.07 bits per heavy atom. The zero-order valence-electron chi connectivity index (χ0n) is 24.1. The summed E-state index contributed by atoms with van der Waals surface area (Å²) in [4.78, 5) is 52.2. The molecule has 0 saturated carbocycles. The Labute approximate surface area is 259 Å². The van der Waals surface area contributed by atoms with Crippen LogP contribution in [-0.2, 0) is 28.4 Å². The summed E-state index contributed by atoms with van der Waals surface area (Å²) in [5, 5.41) is 0. The van der Waals surface area contributed by atoms with E-state index in [1.807, 2.05) is 0 Å². The summed E-state index contributed by atoms with van der Waals surface area (Å²) < 4.78 is 34.7. The van der Waals surface area contributed by atoms with E-state index in [9.17, 15) is 19.2 Å². The van der Waals surface area contributed by atoms with Crippen molar-refractivity contribution in [3.63, 3.8) is 0 Å². The van der Waals surface area contributed by atoms with Crippen molar-refractivity contribution in [3.8, 4) is 0 Å². The minimum atomic E-state index is -1.35. The van der Waals surface area contributed by atoms with Gasteiger partial charge in [0, 0.05) is 0 Å². The van der Waals surface area contributed by atoms with Crippen molar-refractivity contribution in [2.24, 2.45) is 0 Å². The Morgan fingerprint density at radius 1 is 0.467 bits per heavy atom. The second kappa shape index (κ2) is 15.4. The van der Waals surface area contributed by atoms with Crippen molar-refractivity contribution in [2.45, 2.75) is 24.4 Å². The van der Waals surface area contributed by atoms with Crippen molar-refractivity contribution in [2.75, 3.05) is 20.0 Å². The first-order valence-electron chi connectivity index (χ1n) is 14.2. The average Bonchev–Trinajstić information content (AvgIpc) is 3.25. The van der Waals surface area contributed by atoms with Crippen LogP contribution < -0.4 is 0 Å². The summed E-state index contributed by atoms with van der Waals surface area (Å²) in [5.74, 6) is -2.76. The molecular formula is C35H30O10. The molecule has 0 spiro atoms. The molecule has 1 fully saturated rings. The van der Waals surface area contributed by atoms with Gasteiger partial charge in [-0.1, -0.05) is 72.8 Å². The van der Waals surface area contributed by atoms with Gasteiger partial charge in [0.25, 0.3) is 0 Å². The Balaban J connectivity index is 1.44. The molecule has 4 aromatic carbocycles. The van der Waals surface area contributed by atoms with Gasteiger partial charge in [-0.15, -0.1) is 0 Å². The molecule has 45 heavy (non-hydrogen) atoms. The van der Waals surface area contributed by atoms with Crippen molar-refractivity contribution >= 4 is 23.9 Å². The number of carbonyl (C=O) groups is 4. The molecule has 10 nitrogen and oxygen atoms in total. The minimum absolute atomic E-state index is 0.225. The standard InChI is InChI=1S/C35H30O10/c36-32(24-13-5-1-6-14-24)40-21-28-30(44-34(38)26-17-9-3-10-18-26)31(45-35(39)27-19-11-4-12-20-27)29(43-23-42-28)22-41-33(37)25-15-7-2-8-16-25/h1-20,28-31H,21-23H2/t28-,29+,30+,31-. The fourth-order valence-electron chi connectivity index (χ4n) is 4.56. The quantitative estimate of drug-likeness (QED) is 0.181. The molecule has 1 aliphatic rings. The fourth-order valence-corrected chi connectivity index (χ4v) is 4.56. The van der Waals surface area contributed by atoms with E-state index in [0.29, 0.717) is 11.1 Å². The van der Waals surface area contributed by atoms with Crippen LogP contribution in [0.2, 0.25) is 0 Å². The number of benzene rings is 4. The van der Waals surface area contributed by atoms with Gasteiger partial charge in [-0.05, 0) is 48.5 Å². The van der Waals surface area contributed by atoms with Crippen LogP contribution in [0, 0.1) is 0 Å². The number of hydrogen-bond acceptors (Lipinski definition) is 10. The zero-order chi connectivity index (χ0) is 31.4. The summed E-state index contributed by atoms with van der Waals surface area (Å²) in [7, 11) is 0. The van der Waals surface area contributed by atoms with Gasteiger partial charge in [0.05, 0.1) is 22.3 Å². The summed E-state index contributed by atoms with van der Waals surface area (Å²) in [6.07, 6.45) is -4.96. The smallest absolute Gasteiger partial charge is 0.338 e. The molecule has 0 unspecified atom stereocenters. The van der Waals surface area contributed by atoms with Gasteiger partial charge in [-0.3, -0.25) is 0 Å². The van der Waals surface area contributed by atoms with E-state index < -0.39 is 48.3 Å². The molecular weight excluding hydrogens is 580 g/mol. The SMILES string of the molecule is O=C(OC[C@@H]1OCO[C@H](COC(=O)c2ccccc2)[C@H](OC(=O)c2ccccc2)[C@@H]1OC(=O)c1ccccc1)c1ccccc1. The molecule has 0 amide bonds. The van der Waals surface area contributed by atoms with Gasteiger partial charge in [0.1, 0.15) is 32.2 Å². The molecule has 0 N–H and O–H groups in total. The molecule has 230 valence electrons. The fraction of sp³-hybridized carbons (Fsp3) is 0.200. The third-order valence-corrected chi connectivity index (χ3v) is 6.90. The van der Waals surface area contributed by atoms with Crippen LogP contribution in [0.25, 0.3) is 0 Å². The highest BCUT2D eigenvalue weighted by Gasteiger charge is 2.46. The van der Waals surface area contributed by atoms with Gasteiger partial charge >= 0.3 is 23.9 Å². The lowest BCUT2D eigenvalue weighted by Crippen LogP contribution is -2.51. The van der Waals surface area contributed by atoms with Crippen LogP contribution in [0.15, 0.2) is 121 Å². The maximum Gasteiger partial charge on any atom is 0.338 e. The molecule has 5 rings (SSSR count). The third kappa shape index (κ3) is 8.41. The average molecular weight is 611 g/mol. The number of ether oxygens (including phenoxy) is 6. The Hall–Kier alpha value is -5.32. The lowest BCUT2D eigenvalue weighted by molar-refractivity contribution is -0.125. The van der Waals surface area contributed by atoms with Crippen molar-refractivity contribution in [1.82, 2.24) is 0 Å². The van der Waals surface area contributed by atoms with Crippen LogP contribution in [0.4, 0.5) is 0 Å². The highest BCUT2D eigenvalue weighted by Crippen LogP contribution is 2.25. The van der Waals surface area contributed by atoms with E-state index in [4.69, 9.17) is 28.4 Å². The number of hydrogen-bond donors (Lipinski definition) is 0. The molecule has 10 heteroatoms. The molecule has 0 radical (unpaired) electrons. The van der Waals surface area contributed by atoms with Crippen LogP contribution in [0.1, 0.15) is 41.4 Å². The monoisotopic (exact) mass is 610 g/mol.